The van der Waals surface area contributed by atoms with E-state index in [1.807, 2.05) is 6.07 Å². The topological polar surface area (TPSA) is 22.6 Å². The number of fused-ring (bicyclic) bond motifs is 1. The Kier molecular flexibility index (Phi) is 6.51. The number of nitrogens with zero attached hydrogens (tertiary/aromatic N) is 4. The number of pyridine rings is 1. The number of rotatable bonds is 5. The fraction of sp³-hybridized carbons (Fsp3) is 0.345. The summed E-state index contributed by atoms with van der Waals surface area (Å²) < 4.78 is 0. The van der Waals surface area contributed by atoms with Crippen LogP contribution in [0.2, 0.25) is 5.02 Å². The molecule has 0 aliphatic carbocycles. The SMILES string of the molecule is C=C(C)N1CCN(C(=C)c2ccc3c(Cl)cc(-c4cccc(N5CCCCC5)c4)nc3c2)CC1. The van der Waals surface area contributed by atoms with Crippen molar-refractivity contribution in [3.63, 3.8) is 0 Å². The van der Waals surface area contributed by atoms with E-state index < -0.39 is 0 Å². The lowest BCUT2D eigenvalue weighted by Crippen LogP contribution is -2.44. The van der Waals surface area contributed by atoms with E-state index in [4.69, 9.17) is 16.6 Å². The summed E-state index contributed by atoms with van der Waals surface area (Å²) in [5.74, 6) is 0. The number of benzene rings is 2. The number of halogens is 1. The molecule has 176 valence electrons. The highest BCUT2D eigenvalue weighted by Gasteiger charge is 2.19. The minimum absolute atomic E-state index is 0.732. The Morgan fingerprint density at radius 2 is 1.59 bits per heavy atom. The summed E-state index contributed by atoms with van der Waals surface area (Å²) in [6, 6.07) is 17.0. The molecule has 2 fully saturated rings. The Balaban J connectivity index is 1.42. The Hall–Kier alpha value is -2.98. The Morgan fingerprint density at radius 1 is 0.853 bits per heavy atom. The van der Waals surface area contributed by atoms with Crippen molar-refractivity contribution in [2.75, 3.05) is 44.2 Å². The van der Waals surface area contributed by atoms with Gasteiger partial charge in [0.2, 0.25) is 0 Å². The maximum atomic E-state index is 6.73. The van der Waals surface area contributed by atoms with Crippen LogP contribution in [0.1, 0.15) is 31.7 Å². The van der Waals surface area contributed by atoms with Crippen molar-refractivity contribution in [1.82, 2.24) is 14.8 Å². The largest absolute Gasteiger partial charge is 0.372 e. The molecule has 0 spiro atoms. The van der Waals surface area contributed by atoms with Gasteiger partial charge in [0.05, 0.1) is 16.2 Å². The minimum atomic E-state index is 0.732. The number of piperidine rings is 1. The van der Waals surface area contributed by atoms with E-state index in [-0.39, 0.29) is 0 Å². The number of piperazine rings is 1. The zero-order valence-electron chi connectivity index (χ0n) is 20.1. The van der Waals surface area contributed by atoms with Crippen molar-refractivity contribution in [1.29, 1.82) is 0 Å². The summed E-state index contributed by atoms with van der Waals surface area (Å²) in [4.78, 5) is 12.2. The molecule has 2 aromatic carbocycles. The van der Waals surface area contributed by atoms with Gasteiger partial charge in [0, 0.05) is 67.3 Å². The highest BCUT2D eigenvalue weighted by molar-refractivity contribution is 6.35. The van der Waals surface area contributed by atoms with Crippen LogP contribution in [0.5, 0.6) is 0 Å². The monoisotopic (exact) mass is 472 g/mol. The molecule has 0 N–H and O–H groups in total. The molecule has 0 atom stereocenters. The molecule has 34 heavy (non-hydrogen) atoms. The standard InChI is InChI=1S/C29H33ClN4/c1-21(2)32-14-16-33(17-15-32)22(3)23-10-11-26-27(30)20-28(31-29(26)19-23)24-8-7-9-25(18-24)34-12-5-4-6-13-34/h7-11,18-20H,1,3-6,12-17H2,2H3. The normalized spacial score (nSPS) is 16.7. The first-order chi connectivity index (χ1) is 16.5. The van der Waals surface area contributed by atoms with Crippen LogP contribution >= 0.6 is 11.6 Å². The van der Waals surface area contributed by atoms with Crippen LogP contribution < -0.4 is 4.90 Å². The van der Waals surface area contributed by atoms with Crippen molar-refractivity contribution < 1.29 is 0 Å². The van der Waals surface area contributed by atoms with Gasteiger partial charge in [-0.3, -0.25) is 0 Å². The molecule has 2 aliphatic heterocycles. The second-order valence-electron chi connectivity index (χ2n) is 9.48. The summed E-state index contributed by atoms with van der Waals surface area (Å²) in [6.07, 6.45) is 3.85. The van der Waals surface area contributed by atoms with E-state index >= 15 is 0 Å². The van der Waals surface area contributed by atoms with E-state index in [0.717, 1.165) is 83.4 Å². The molecule has 0 saturated carbocycles. The molecular weight excluding hydrogens is 440 g/mol. The van der Waals surface area contributed by atoms with Gasteiger partial charge in [0.1, 0.15) is 0 Å². The number of allylic oxidation sites excluding steroid dienone is 1. The van der Waals surface area contributed by atoms with Gasteiger partial charge in [0.15, 0.2) is 0 Å². The third-order valence-corrected chi connectivity index (χ3v) is 7.47. The van der Waals surface area contributed by atoms with E-state index in [0.29, 0.717) is 0 Å². The van der Waals surface area contributed by atoms with Crippen molar-refractivity contribution in [2.24, 2.45) is 0 Å². The minimum Gasteiger partial charge on any atom is -0.372 e. The third-order valence-electron chi connectivity index (χ3n) is 7.16. The summed E-state index contributed by atoms with van der Waals surface area (Å²) in [5.41, 5.74) is 7.46. The van der Waals surface area contributed by atoms with Crippen molar-refractivity contribution >= 4 is 33.9 Å². The summed E-state index contributed by atoms with van der Waals surface area (Å²) in [7, 11) is 0. The van der Waals surface area contributed by atoms with Gasteiger partial charge >= 0.3 is 0 Å². The number of hydrogen-bond donors (Lipinski definition) is 0. The van der Waals surface area contributed by atoms with Gasteiger partial charge in [-0.1, -0.05) is 49.0 Å². The van der Waals surface area contributed by atoms with Crippen molar-refractivity contribution in [3.05, 3.63) is 78.0 Å². The number of anilines is 1. The first-order valence-electron chi connectivity index (χ1n) is 12.3. The molecule has 3 heterocycles. The van der Waals surface area contributed by atoms with Crippen LogP contribution in [0.25, 0.3) is 27.9 Å². The second kappa shape index (κ2) is 9.71. The van der Waals surface area contributed by atoms with Crippen LogP contribution in [-0.4, -0.2) is 54.1 Å². The molecule has 0 unspecified atom stereocenters. The van der Waals surface area contributed by atoms with Crippen LogP contribution in [0, 0.1) is 0 Å². The average molecular weight is 473 g/mol. The lowest BCUT2D eigenvalue weighted by molar-refractivity contribution is 0.215. The Morgan fingerprint density at radius 3 is 2.32 bits per heavy atom. The number of aromatic nitrogens is 1. The van der Waals surface area contributed by atoms with Crippen molar-refractivity contribution in [3.8, 4) is 11.3 Å². The van der Waals surface area contributed by atoms with Gasteiger partial charge in [0.25, 0.3) is 0 Å². The van der Waals surface area contributed by atoms with Gasteiger partial charge in [-0.15, -0.1) is 0 Å². The van der Waals surface area contributed by atoms with E-state index in [2.05, 4.69) is 77.2 Å². The predicted molar refractivity (Wildman–Crippen MR) is 145 cm³/mol. The van der Waals surface area contributed by atoms with E-state index in [1.54, 1.807) is 0 Å². The third kappa shape index (κ3) is 4.65. The Labute approximate surface area is 208 Å². The zero-order valence-corrected chi connectivity index (χ0v) is 20.8. The highest BCUT2D eigenvalue weighted by atomic mass is 35.5. The molecule has 1 aromatic heterocycles. The molecule has 5 heteroatoms. The van der Waals surface area contributed by atoms with E-state index in [1.165, 1.54) is 24.9 Å². The molecule has 4 nitrogen and oxygen atoms in total. The fourth-order valence-electron chi connectivity index (χ4n) is 5.07. The molecular formula is C29H33ClN4. The van der Waals surface area contributed by atoms with E-state index in [9.17, 15) is 0 Å². The second-order valence-corrected chi connectivity index (χ2v) is 9.88. The van der Waals surface area contributed by atoms with Crippen molar-refractivity contribution in [2.45, 2.75) is 26.2 Å². The maximum Gasteiger partial charge on any atom is 0.0731 e. The van der Waals surface area contributed by atoms with Gasteiger partial charge in [-0.25, -0.2) is 4.98 Å². The molecule has 0 amide bonds. The van der Waals surface area contributed by atoms with Crippen LogP contribution in [0.3, 0.4) is 0 Å². The van der Waals surface area contributed by atoms with Gasteiger partial charge in [-0.05, 0) is 56.0 Å². The lowest BCUT2D eigenvalue weighted by Gasteiger charge is -2.38. The zero-order chi connectivity index (χ0) is 23.7. The first-order valence-corrected chi connectivity index (χ1v) is 12.7. The molecule has 0 bridgehead atoms. The predicted octanol–water partition coefficient (Wildman–Crippen LogP) is 6.67. The molecule has 0 radical (unpaired) electrons. The van der Waals surface area contributed by atoms with Gasteiger partial charge < -0.3 is 14.7 Å². The van der Waals surface area contributed by atoms with Gasteiger partial charge in [-0.2, -0.15) is 0 Å². The first kappa shape index (κ1) is 22.8. The maximum absolute atomic E-state index is 6.73. The fourth-order valence-corrected chi connectivity index (χ4v) is 5.33. The smallest absolute Gasteiger partial charge is 0.0731 e. The van der Waals surface area contributed by atoms with Crippen LogP contribution in [0.4, 0.5) is 5.69 Å². The quantitative estimate of drug-likeness (QED) is 0.413. The lowest BCUT2D eigenvalue weighted by atomic mass is 10.0. The molecule has 2 saturated heterocycles. The molecule has 2 aliphatic rings. The molecule has 5 rings (SSSR count). The Bertz CT molecular complexity index is 1220. The number of hydrogen-bond acceptors (Lipinski definition) is 4. The average Bonchev–Trinajstić information content (AvgIpc) is 2.88. The highest BCUT2D eigenvalue weighted by Crippen LogP contribution is 2.32. The summed E-state index contributed by atoms with van der Waals surface area (Å²) in [6.45, 7) is 16.7. The summed E-state index contributed by atoms with van der Waals surface area (Å²) in [5, 5.41) is 1.71. The van der Waals surface area contributed by atoms with Crippen LogP contribution in [0.15, 0.2) is 67.4 Å². The molecule has 3 aromatic rings. The summed E-state index contributed by atoms with van der Waals surface area (Å²) >= 11 is 6.73. The van der Waals surface area contributed by atoms with Crippen LogP contribution in [-0.2, 0) is 0 Å².